The van der Waals surface area contributed by atoms with Crippen LogP contribution < -0.4 is 10.2 Å². The molecule has 0 aliphatic carbocycles. The van der Waals surface area contributed by atoms with Gasteiger partial charge in [-0.15, -0.1) is 0 Å². The molecule has 0 spiro atoms. The van der Waals surface area contributed by atoms with E-state index < -0.39 is 11.7 Å². The molecule has 1 atom stereocenters. The summed E-state index contributed by atoms with van der Waals surface area (Å²) in [6.07, 6.45) is 0.152. The normalized spacial score (nSPS) is 17.0. The Labute approximate surface area is 154 Å². The number of carbonyl (C=O) groups excluding carboxylic acids is 2. The smallest absolute Gasteiger partial charge is 0.288 e. The third-order valence-corrected chi connectivity index (χ3v) is 4.91. The van der Waals surface area contributed by atoms with E-state index in [1.807, 2.05) is 31.2 Å². The van der Waals surface area contributed by atoms with Gasteiger partial charge in [-0.05, 0) is 43.3 Å². The van der Waals surface area contributed by atoms with Gasteiger partial charge in [0.25, 0.3) is 5.76 Å². The van der Waals surface area contributed by atoms with Gasteiger partial charge in [0, 0.05) is 29.2 Å². The quantitative estimate of drug-likeness (QED) is 0.792. The minimum absolute atomic E-state index is 0.0855. The molecular formula is C19H18F2N2O2S. The number of amides is 2. The molecule has 4 nitrogen and oxygen atoms in total. The van der Waals surface area contributed by atoms with Crippen molar-refractivity contribution in [3.8, 4) is 0 Å². The van der Waals surface area contributed by atoms with Crippen LogP contribution in [0.5, 0.6) is 0 Å². The van der Waals surface area contributed by atoms with Crippen LogP contribution in [0.3, 0.4) is 0 Å². The maximum atomic E-state index is 12.4. The number of hydrogen-bond donors (Lipinski definition) is 1. The number of nitrogens with zero attached hydrogens (tertiary/aromatic N) is 1. The zero-order valence-corrected chi connectivity index (χ0v) is 14.9. The first-order valence-corrected chi connectivity index (χ1v) is 9.03. The molecule has 1 fully saturated rings. The Morgan fingerprint density at radius 3 is 2.42 bits per heavy atom. The van der Waals surface area contributed by atoms with E-state index in [0.717, 1.165) is 11.3 Å². The van der Waals surface area contributed by atoms with Gasteiger partial charge in [0.1, 0.15) is 0 Å². The molecule has 2 amide bonds. The fourth-order valence-corrected chi connectivity index (χ4v) is 3.32. The van der Waals surface area contributed by atoms with E-state index in [0.29, 0.717) is 28.9 Å². The molecule has 1 saturated heterocycles. The summed E-state index contributed by atoms with van der Waals surface area (Å²) in [5.41, 5.74) is 2.40. The maximum absolute atomic E-state index is 12.4. The van der Waals surface area contributed by atoms with Gasteiger partial charge in [-0.1, -0.05) is 29.5 Å². The van der Waals surface area contributed by atoms with Crippen molar-refractivity contribution in [1.29, 1.82) is 0 Å². The summed E-state index contributed by atoms with van der Waals surface area (Å²) in [5, 5.41) is 2.75. The van der Waals surface area contributed by atoms with Crippen molar-refractivity contribution in [3.05, 3.63) is 54.1 Å². The van der Waals surface area contributed by atoms with E-state index in [2.05, 4.69) is 5.32 Å². The average Bonchev–Trinajstić information content (AvgIpc) is 2.99. The number of thioether (sulfide) groups is 1. The van der Waals surface area contributed by atoms with Crippen LogP contribution in [-0.2, 0) is 9.59 Å². The highest BCUT2D eigenvalue weighted by Gasteiger charge is 2.35. The highest BCUT2D eigenvalue weighted by molar-refractivity contribution is 7.99. The lowest BCUT2D eigenvalue weighted by Gasteiger charge is -2.17. The van der Waals surface area contributed by atoms with Gasteiger partial charge in [-0.3, -0.25) is 9.59 Å². The van der Waals surface area contributed by atoms with Gasteiger partial charge < -0.3 is 10.2 Å². The van der Waals surface area contributed by atoms with Crippen LogP contribution in [0.25, 0.3) is 0 Å². The Kier molecular flexibility index (Phi) is 5.56. The van der Waals surface area contributed by atoms with E-state index in [-0.39, 0.29) is 18.2 Å². The fourth-order valence-electron chi connectivity index (χ4n) is 2.82. The zero-order valence-electron chi connectivity index (χ0n) is 14.1. The van der Waals surface area contributed by atoms with Crippen molar-refractivity contribution >= 4 is 35.0 Å². The predicted octanol–water partition coefficient (Wildman–Crippen LogP) is 4.30. The SMILES string of the molecule is Cc1ccc(N2CC(C(=O)Nc3ccc(SC(F)F)cc3)CC2=O)cc1. The van der Waals surface area contributed by atoms with Gasteiger partial charge in [-0.25, -0.2) is 0 Å². The highest BCUT2D eigenvalue weighted by atomic mass is 32.2. The van der Waals surface area contributed by atoms with Crippen LogP contribution in [0.2, 0.25) is 0 Å². The molecular weight excluding hydrogens is 358 g/mol. The number of carbonyl (C=O) groups is 2. The van der Waals surface area contributed by atoms with Crippen LogP contribution in [0.1, 0.15) is 12.0 Å². The topological polar surface area (TPSA) is 49.4 Å². The molecule has 0 bridgehead atoms. The number of hydrogen-bond acceptors (Lipinski definition) is 3. The first-order valence-electron chi connectivity index (χ1n) is 8.15. The van der Waals surface area contributed by atoms with Crippen molar-refractivity contribution in [2.75, 3.05) is 16.8 Å². The van der Waals surface area contributed by atoms with Crippen molar-refractivity contribution in [1.82, 2.24) is 0 Å². The van der Waals surface area contributed by atoms with E-state index in [1.54, 1.807) is 17.0 Å². The molecule has 0 radical (unpaired) electrons. The minimum Gasteiger partial charge on any atom is -0.326 e. The van der Waals surface area contributed by atoms with E-state index in [4.69, 9.17) is 0 Å². The summed E-state index contributed by atoms with van der Waals surface area (Å²) in [6, 6.07) is 13.8. The molecule has 7 heteroatoms. The summed E-state index contributed by atoms with van der Waals surface area (Å²) >= 11 is 0.453. The number of anilines is 2. The molecule has 1 heterocycles. The van der Waals surface area contributed by atoms with E-state index in [9.17, 15) is 18.4 Å². The second kappa shape index (κ2) is 7.86. The first-order chi connectivity index (χ1) is 12.4. The summed E-state index contributed by atoms with van der Waals surface area (Å²) in [4.78, 5) is 26.7. The Morgan fingerprint density at radius 2 is 1.81 bits per heavy atom. The molecule has 0 saturated carbocycles. The molecule has 1 aliphatic rings. The maximum Gasteiger partial charge on any atom is 0.288 e. The molecule has 1 unspecified atom stereocenters. The zero-order chi connectivity index (χ0) is 18.7. The van der Waals surface area contributed by atoms with Crippen LogP contribution >= 0.6 is 11.8 Å². The number of halogens is 2. The third-order valence-electron chi connectivity index (χ3n) is 4.19. The first kappa shape index (κ1) is 18.4. The lowest BCUT2D eigenvalue weighted by molar-refractivity contribution is -0.122. The molecule has 0 aromatic heterocycles. The summed E-state index contributed by atoms with van der Waals surface area (Å²) in [7, 11) is 0. The molecule has 2 aromatic rings. The average molecular weight is 376 g/mol. The summed E-state index contributed by atoms with van der Waals surface area (Å²) in [6.45, 7) is 2.30. The predicted molar refractivity (Wildman–Crippen MR) is 98.6 cm³/mol. The summed E-state index contributed by atoms with van der Waals surface area (Å²) < 4.78 is 24.7. The second-order valence-electron chi connectivity index (χ2n) is 6.13. The van der Waals surface area contributed by atoms with Crippen molar-refractivity contribution < 1.29 is 18.4 Å². The van der Waals surface area contributed by atoms with Gasteiger partial charge in [0.15, 0.2) is 0 Å². The standard InChI is InChI=1S/C19H18F2N2O2S/c1-12-2-6-15(7-3-12)23-11-13(10-17(23)24)18(25)22-14-4-8-16(9-5-14)26-19(20)21/h2-9,13,19H,10-11H2,1H3,(H,22,25). The third kappa shape index (κ3) is 4.40. The molecule has 3 rings (SSSR count). The van der Waals surface area contributed by atoms with Gasteiger partial charge in [-0.2, -0.15) is 8.78 Å². The van der Waals surface area contributed by atoms with Gasteiger partial charge in [0.05, 0.1) is 5.92 Å². The van der Waals surface area contributed by atoms with Crippen LogP contribution in [0, 0.1) is 12.8 Å². The molecule has 1 N–H and O–H groups in total. The number of nitrogens with one attached hydrogen (secondary N) is 1. The number of benzene rings is 2. The van der Waals surface area contributed by atoms with Gasteiger partial charge in [0.2, 0.25) is 11.8 Å². The Morgan fingerprint density at radius 1 is 1.15 bits per heavy atom. The van der Waals surface area contributed by atoms with Crippen LogP contribution in [0.4, 0.5) is 20.2 Å². The van der Waals surface area contributed by atoms with Gasteiger partial charge >= 0.3 is 0 Å². The number of rotatable bonds is 5. The number of alkyl halides is 2. The summed E-state index contributed by atoms with van der Waals surface area (Å²) in [5.74, 6) is -3.26. The minimum atomic E-state index is -2.48. The van der Waals surface area contributed by atoms with E-state index in [1.165, 1.54) is 12.1 Å². The Bertz CT molecular complexity index is 794. The molecule has 136 valence electrons. The largest absolute Gasteiger partial charge is 0.326 e. The van der Waals surface area contributed by atoms with Crippen molar-refractivity contribution in [2.45, 2.75) is 24.0 Å². The highest BCUT2D eigenvalue weighted by Crippen LogP contribution is 2.28. The Balaban J connectivity index is 1.62. The van der Waals surface area contributed by atoms with Crippen molar-refractivity contribution in [3.63, 3.8) is 0 Å². The molecule has 26 heavy (non-hydrogen) atoms. The van der Waals surface area contributed by atoms with Crippen molar-refractivity contribution in [2.24, 2.45) is 5.92 Å². The lowest BCUT2D eigenvalue weighted by Crippen LogP contribution is -2.28. The molecule has 2 aromatic carbocycles. The fraction of sp³-hybridized carbons (Fsp3) is 0.263. The van der Waals surface area contributed by atoms with E-state index >= 15 is 0 Å². The van der Waals surface area contributed by atoms with Crippen LogP contribution in [0.15, 0.2) is 53.4 Å². The lowest BCUT2D eigenvalue weighted by atomic mass is 10.1. The Hall–Kier alpha value is -2.41. The van der Waals surface area contributed by atoms with Crippen LogP contribution in [-0.4, -0.2) is 24.1 Å². The monoisotopic (exact) mass is 376 g/mol. The second-order valence-corrected chi connectivity index (χ2v) is 7.20. The molecule has 1 aliphatic heterocycles. The number of aryl methyl sites for hydroxylation is 1.